The van der Waals surface area contributed by atoms with Crippen LogP contribution in [0, 0.1) is 12.8 Å². The highest BCUT2D eigenvalue weighted by atomic mass is 16.2. The minimum Gasteiger partial charge on any atom is -0.339 e. The first-order valence-electron chi connectivity index (χ1n) is 8.92. The molecule has 0 amide bonds. The molecule has 0 radical (unpaired) electrons. The molecule has 2 aromatic heterocycles. The third-order valence-corrected chi connectivity index (χ3v) is 5.23. The number of hydrogen-bond acceptors (Lipinski definition) is 3. The molecule has 3 aromatic rings. The Bertz CT molecular complexity index is 1020. The van der Waals surface area contributed by atoms with Gasteiger partial charge in [0.2, 0.25) is 0 Å². The number of benzene rings is 1. The first-order valence-corrected chi connectivity index (χ1v) is 8.92. The van der Waals surface area contributed by atoms with E-state index in [1.807, 2.05) is 31.2 Å². The Morgan fingerprint density at radius 3 is 2.68 bits per heavy atom. The number of nitrogens with one attached hydrogen (secondary N) is 1. The summed E-state index contributed by atoms with van der Waals surface area (Å²) in [4.78, 5) is 33.2. The Kier molecular flexibility index (Phi) is 4.03. The standard InChI is InChI=1S/C19H22N4O2/c1-13-7-5-6-10-15(13)23-17-16(20-12-21-17)18(24)22(19(23)25)11-14-8-3-2-4-9-14/h5-7,10,12,14H,2-4,8-9,11H2,1H3,(H,20,21). The van der Waals surface area contributed by atoms with Crippen LogP contribution in [0.2, 0.25) is 0 Å². The molecule has 6 heteroatoms. The van der Waals surface area contributed by atoms with E-state index in [-0.39, 0.29) is 11.2 Å². The molecule has 25 heavy (non-hydrogen) atoms. The quantitative estimate of drug-likeness (QED) is 0.798. The Morgan fingerprint density at radius 1 is 1.16 bits per heavy atom. The summed E-state index contributed by atoms with van der Waals surface area (Å²) in [6.07, 6.45) is 7.24. The SMILES string of the molecule is Cc1ccccc1-n1c(=O)n(CC2CCCCC2)c(=O)c2[nH]cnc21. The lowest BCUT2D eigenvalue weighted by Crippen LogP contribution is -2.41. The second-order valence-corrected chi connectivity index (χ2v) is 6.93. The number of hydrogen-bond donors (Lipinski definition) is 1. The number of aryl methyl sites for hydroxylation is 1. The largest absolute Gasteiger partial charge is 0.339 e. The van der Waals surface area contributed by atoms with E-state index >= 15 is 0 Å². The van der Waals surface area contributed by atoms with Crippen LogP contribution in [0.5, 0.6) is 0 Å². The normalized spacial score (nSPS) is 15.7. The summed E-state index contributed by atoms with van der Waals surface area (Å²) < 4.78 is 2.95. The number of H-pyrrole nitrogens is 1. The van der Waals surface area contributed by atoms with Gasteiger partial charge in [-0.05, 0) is 37.3 Å². The summed E-state index contributed by atoms with van der Waals surface area (Å²) in [5.74, 6) is 0.393. The lowest BCUT2D eigenvalue weighted by Gasteiger charge is -2.22. The molecular formula is C19H22N4O2. The second-order valence-electron chi connectivity index (χ2n) is 6.93. The second kappa shape index (κ2) is 6.35. The molecular weight excluding hydrogens is 316 g/mol. The number of aromatic nitrogens is 4. The zero-order chi connectivity index (χ0) is 17.4. The van der Waals surface area contributed by atoms with E-state index < -0.39 is 0 Å². The molecule has 0 bridgehead atoms. The number of rotatable bonds is 3. The van der Waals surface area contributed by atoms with Crippen molar-refractivity contribution in [1.29, 1.82) is 0 Å². The van der Waals surface area contributed by atoms with Crippen molar-refractivity contribution in [2.24, 2.45) is 5.92 Å². The third kappa shape index (κ3) is 2.71. The van der Waals surface area contributed by atoms with Gasteiger partial charge in [-0.15, -0.1) is 0 Å². The summed E-state index contributed by atoms with van der Waals surface area (Å²) in [5.41, 5.74) is 1.94. The highest BCUT2D eigenvalue weighted by Gasteiger charge is 2.21. The molecule has 0 unspecified atom stereocenters. The van der Waals surface area contributed by atoms with Crippen molar-refractivity contribution >= 4 is 11.2 Å². The van der Waals surface area contributed by atoms with E-state index in [0.717, 1.165) is 24.1 Å². The van der Waals surface area contributed by atoms with Crippen molar-refractivity contribution in [3.8, 4) is 5.69 Å². The van der Waals surface area contributed by atoms with E-state index in [9.17, 15) is 9.59 Å². The molecule has 1 saturated carbocycles. The van der Waals surface area contributed by atoms with Gasteiger partial charge in [0.15, 0.2) is 5.65 Å². The van der Waals surface area contributed by atoms with E-state index in [0.29, 0.717) is 23.6 Å². The van der Waals surface area contributed by atoms with Gasteiger partial charge in [0.1, 0.15) is 5.52 Å². The molecule has 6 nitrogen and oxygen atoms in total. The van der Waals surface area contributed by atoms with Crippen LogP contribution in [0.1, 0.15) is 37.7 Å². The molecule has 1 aliphatic rings. The van der Waals surface area contributed by atoms with Gasteiger partial charge in [-0.2, -0.15) is 0 Å². The average Bonchev–Trinajstić information content (AvgIpc) is 3.11. The third-order valence-electron chi connectivity index (χ3n) is 5.23. The van der Waals surface area contributed by atoms with Crippen LogP contribution in [0.4, 0.5) is 0 Å². The van der Waals surface area contributed by atoms with E-state index in [4.69, 9.17) is 0 Å². The average molecular weight is 338 g/mol. The maximum Gasteiger partial charge on any atom is 0.337 e. The van der Waals surface area contributed by atoms with Gasteiger partial charge in [-0.3, -0.25) is 9.36 Å². The van der Waals surface area contributed by atoms with Gasteiger partial charge in [0.25, 0.3) is 5.56 Å². The van der Waals surface area contributed by atoms with Gasteiger partial charge in [-0.25, -0.2) is 14.3 Å². The topological polar surface area (TPSA) is 72.7 Å². The summed E-state index contributed by atoms with van der Waals surface area (Å²) in [5, 5.41) is 0. The van der Waals surface area contributed by atoms with Crippen LogP contribution in [0.15, 0.2) is 40.2 Å². The minimum absolute atomic E-state index is 0.270. The van der Waals surface area contributed by atoms with Crippen LogP contribution in [0.3, 0.4) is 0 Å². The van der Waals surface area contributed by atoms with E-state index in [1.165, 1.54) is 30.2 Å². The molecule has 0 spiro atoms. The zero-order valence-electron chi connectivity index (χ0n) is 14.4. The Morgan fingerprint density at radius 2 is 1.92 bits per heavy atom. The fourth-order valence-electron chi connectivity index (χ4n) is 3.87. The van der Waals surface area contributed by atoms with Crippen molar-refractivity contribution in [1.82, 2.24) is 19.1 Å². The number of imidazole rings is 1. The molecule has 0 saturated heterocycles. The molecule has 1 aliphatic carbocycles. The van der Waals surface area contributed by atoms with Crippen LogP contribution in [0.25, 0.3) is 16.9 Å². The maximum absolute atomic E-state index is 13.2. The van der Waals surface area contributed by atoms with Crippen molar-refractivity contribution in [2.45, 2.75) is 45.6 Å². The fraction of sp³-hybridized carbons (Fsp3) is 0.421. The van der Waals surface area contributed by atoms with Gasteiger partial charge in [0.05, 0.1) is 12.0 Å². The van der Waals surface area contributed by atoms with Gasteiger partial charge < -0.3 is 4.98 Å². The van der Waals surface area contributed by atoms with Crippen LogP contribution in [-0.4, -0.2) is 19.1 Å². The number of aromatic amines is 1. The lowest BCUT2D eigenvalue weighted by molar-refractivity contribution is 0.311. The number of fused-ring (bicyclic) bond motifs is 1. The summed E-state index contributed by atoms with van der Waals surface area (Å²) in [6.45, 7) is 2.44. The Labute approximate surface area is 145 Å². The predicted octanol–water partition coefficient (Wildman–Crippen LogP) is 2.76. The molecule has 0 aliphatic heterocycles. The van der Waals surface area contributed by atoms with Gasteiger partial charge in [-0.1, -0.05) is 37.5 Å². The van der Waals surface area contributed by atoms with Crippen molar-refractivity contribution in [2.75, 3.05) is 0 Å². The molecule has 1 N–H and O–H groups in total. The van der Waals surface area contributed by atoms with Crippen molar-refractivity contribution in [3.63, 3.8) is 0 Å². The van der Waals surface area contributed by atoms with Crippen LogP contribution >= 0.6 is 0 Å². The van der Waals surface area contributed by atoms with Crippen LogP contribution < -0.4 is 11.2 Å². The highest BCUT2D eigenvalue weighted by molar-refractivity contribution is 5.71. The first-order chi connectivity index (χ1) is 12.2. The van der Waals surface area contributed by atoms with E-state index in [2.05, 4.69) is 9.97 Å². The summed E-state index contributed by atoms with van der Waals surface area (Å²) in [7, 11) is 0. The van der Waals surface area contributed by atoms with Crippen molar-refractivity contribution in [3.05, 3.63) is 57.0 Å². The van der Waals surface area contributed by atoms with Crippen LogP contribution in [-0.2, 0) is 6.54 Å². The molecule has 4 rings (SSSR count). The summed E-state index contributed by atoms with van der Waals surface area (Å²) >= 11 is 0. The minimum atomic E-state index is -0.301. The monoisotopic (exact) mass is 338 g/mol. The highest BCUT2D eigenvalue weighted by Crippen LogP contribution is 2.24. The number of para-hydroxylation sites is 1. The first kappa shape index (κ1) is 15.9. The smallest absolute Gasteiger partial charge is 0.337 e. The Hall–Kier alpha value is -2.63. The van der Waals surface area contributed by atoms with Gasteiger partial charge >= 0.3 is 5.69 Å². The molecule has 2 heterocycles. The molecule has 130 valence electrons. The summed E-state index contributed by atoms with van der Waals surface area (Å²) in [6, 6.07) is 7.67. The zero-order valence-corrected chi connectivity index (χ0v) is 14.4. The van der Waals surface area contributed by atoms with E-state index in [1.54, 1.807) is 4.57 Å². The van der Waals surface area contributed by atoms with Crippen molar-refractivity contribution < 1.29 is 0 Å². The molecule has 0 atom stereocenters. The maximum atomic E-state index is 13.2. The fourth-order valence-corrected chi connectivity index (χ4v) is 3.87. The van der Waals surface area contributed by atoms with Gasteiger partial charge in [0, 0.05) is 6.54 Å². The molecule has 1 aromatic carbocycles. The predicted molar refractivity (Wildman–Crippen MR) is 97.3 cm³/mol. The molecule has 1 fully saturated rings. The Balaban J connectivity index is 1.94. The lowest BCUT2D eigenvalue weighted by atomic mass is 9.89. The number of nitrogens with zero attached hydrogens (tertiary/aromatic N) is 3.